The topological polar surface area (TPSA) is 17.1 Å². The molecule has 0 aromatic heterocycles. The van der Waals surface area contributed by atoms with Gasteiger partial charge in [-0.25, -0.2) is 0 Å². The van der Waals surface area contributed by atoms with Crippen LogP contribution < -0.4 is 0 Å². The first-order valence-corrected chi connectivity index (χ1v) is 9.35. The van der Waals surface area contributed by atoms with E-state index in [0.29, 0.717) is 12.3 Å². The third kappa shape index (κ3) is 3.48. The van der Waals surface area contributed by atoms with E-state index in [2.05, 4.69) is 50.2 Å². The number of Topliss-reactive ketones (excluding diaryl/α,β-unsaturated/α-hetero) is 1. The summed E-state index contributed by atoms with van der Waals surface area (Å²) in [6.07, 6.45) is 1.46. The summed E-state index contributed by atoms with van der Waals surface area (Å²) in [4.78, 5) is 13.8. The summed E-state index contributed by atoms with van der Waals surface area (Å²) < 4.78 is 0. The molecule has 26 heavy (non-hydrogen) atoms. The van der Waals surface area contributed by atoms with Gasteiger partial charge in [0.15, 0.2) is 5.78 Å². The highest BCUT2D eigenvalue weighted by Gasteiger charge is 2.42. The zero-order valence-corrected chi connectivity index (χ0v) is 15.6. The maximum Gasteiger partial charge on any atom is 0.152 e. The van der Waals surface area contributed by atoms with Crippen LogP contribution in [0.1, 0.15) is 43.4 Å². The molecule has 0 unspecified atom stereocenters. The van der Waals surface area contributed by atoms with E-state index < -0.39 is 5.41 Å². The number of rotatable bonds is 7. The first kappa shape index (κ1) is 18.1. The highest BCUT2D eigenvalue weighted by atomic mass is 16.1. The van der Waals surface area contributed by atoms with Gasteiger partial charge in [-0.3, -0.25) is 4.79 Å². The SMILES string of the molecule is CC(C)CCC(=O)C(c1ccccc1)(c1ccccc1)c1ccccc1. The molecule has 0 bridgehead atoms. The standard InChI is InChI=1S/C25H26O/c1-20(2)18-19-24(26)25(21-12-6-3-7-13-21,22-14-8-4-9-15-22)23-16-10-5-11-17-23/h3-17,20H,18-19H2,1-2H3. The highest BCUT2D eigenvalue weighted by molar-refractivity contribution is 5.97. The van der Waals surface area contributed by atoms with E-state index in [0.717, 1.165) is 23.1 Å². The van der Waals surface area contributed by atoms with Crippen molar-refractivity contribution < 1.29 is 4.79 Å². The number of benzene rings is 3. The number of carbonyl (C=O) groups excluding carboxylic acids is 1. The molecule has 0 aliphatic rings. The average Bonchev–Trinajstić information content (AvgIpc) is 2.69. The van der Waals surface area contributed by atoms with Crippen molar-refractivity contribution in [2.24, 2.45) is 5.92 Å². The summed E-state index contributed by atoms with van der Waals surface area (Å²) in [5, 5.41) is 0. The van der Waals surface area contributed by atoms with Gasteiger partial charge in [-0.05, 0) is 29.0 Å². The summed E-state index contributed by atoms with van der Waals surface area (Å²) in [5.74, 6) is 0.758. The second kappa shape index (κ2) is 8.14. The van der Waals surface area contributed by atoms with Gasteiger partial charge in [-0.15, -0.1) is 0 Å². The Morgan fingerprint density at radius 3 is 1.35 bits per heavy atom. The van der Waals surface area contributed by atoms with Gasteiger partial charge in [0.05, 0.1) is 0 Å². The van der Waals surface area contributed by atoms with E-state index >= 15 is 0 Å². The van der Waals surface area contributed by atoms with Crippen LogP contribution in [0.5, 0.6) is 0 Å². The molecular formula is C25H26O. The lowest BCUT2D eigenvalue weighted by molar-refractivity contribution is -0.122. The van der Waals surface area contributed by atoms with Gasteiger partial charge in [0, 0.05) is 6.42 Å². The van der Waals surface area contributed by atoms with Crippen LogP contribution in [0.25, 0.3) is 0 Å². The second-order valence-corrected chi connectivity index (χ2v) is 7.20. The number of ketones is 1. The first-order valence-electron chi connectivity index (χ1n) is 9.35. The summed E-state index contributed by atoms with van der Waals surface area (Å²) in [6, 6.07) is 30.6. The van der Waals surface area contributed by atoms with Crippen LogP contribution in [0.3, 0.4) is 0 Å². The molecule has 0 saturated heterocycles. The van der Waals surface area contributed by atoms with Crippen LogP contribution in [0.15, 0.2) is 91.0 Å². The van der Waals surface area contributed by atoms with Crippen molar-refractivity contribution in [3.63, 3.8) is 0 Å². The summed E-state index contributed by atoms with van der Waals surface area (Å²) in [6.45, 7) is 4.34. The van der Waals surface area contributed by atoms with Crippen molar-refractivity contribution >= 4 is 5.78 Å². The second-order valence-electron chi connectivity index (χ2n) is 7.20. The molecule has 3 aromatic carbocycles. The fraction of sp³-hybridized carbons (Fsp3) is 0.240. The summed E-state index contributed by atoms with van der Waals surface area (Å²) in [5.41, 5.74) is 2.34. The van der Waals surface area contributed by atoms with Crippen LogP contribution in [0.4, 0.5) is 0 Å². The van der Waals surface area contributed by atoms with Crippen LogP contribution in [-0.2, 0) is 10.2 Å². The molecule has 0 atom stereocenters. The Kier molecular flexibility index (Phi) is 5.68. The molecule has 0 N–H and O–H groups in total. The Bertz CT molecular complexity index is 723. The van der Waals surface area contributed by atoms with E-state index in [1.165, 1.54) is 0 Å². The smallest absolute Gasteiger partial charge is 0.152 e. The maximum atomic E-state index is 13.8. The summed E-state index contributed by atoms with van der Waals surface area (Å²) in [7, 11) is 0. The zero-order valence-electron chi connectivity index (χ0n) is 15.6. The van der Waals surface area contributed by atoms with Gasteiger partial charge >= 0.3 is 0 Å². The Hall–Kier alpha value is -2.67. The van der Waals surface area contributed by atoms with Gasteiger partial charge in [-0.2, -0.15) is 0 Å². The molecule has 0 radical (unpaired) electrons. The van der Waals surface area contributed by atoms with Gasteiger partial charge < -0.3 is 0 Å². The van der Waals surface area contributed by atoms with Gasteiger partial charge in [0.25, 0.3) is 0 Å². The molecule has 0 aliphatic heterocycles. The number of hydrogen-bond acceptors (Lipinski definition) is 1. The molecule has 3 rings (SSSR count). The van der Waals surface area contributed by atoms with Crippen molar-refractivity contribution in [1.82, 2.24) is 0 Å². The van der Waals surface area contributed by atoms with Gasteiger partial charge in [-0.1, -0.05) is 105 Å². The number of hydrogen-bond donors (Lipinski definition) is 0. The zero-order chi connectivity index (χ0) is 18.4. The quantitative estimate of drug-likeness (QED) is 0.479. The molecule has 0 amide bonds. The largest absolute Gasteiger partial charge is 0.298 e. The average molecular weight is 342 g/mol. The minimum atomic E-state index is -0.765. The Morgan fingerprint density at radius 2 is 1.04 bits per heavy atom. The molecule has 0 fully saturated rings. The van der Waals surface area contributed by atoms with Crippen LogP contribution in [-0.4, -0.2) is 5.78 Å². The third-order valence-electron chi connectivity index (χ3n) is 4.99. The third-order valence-corrected chi connectivity index (χ3v) is 4.99. The Morgan fingerprint density at radius 1 is 0.692 bits per heavy atom. The van der Waals surface area contributed by atoms with E-state index in [1.54, 1.807) is 0 Å². The Balaban J connectivity index is 2.26. The lowest BCUT2D eigenvalue weighted by Crippen LogP contribution is -2.38. The van der Waals surface area contributed by atoms with E-state index in [9.17, 15) is 4.79 Å². The monoisotopic (exact) mass is 342 g/mol. The van der Waals surface area contributed by atoms with Crippen molar-refractivity contribution in [2.75, 3.05) is 0 Å². The predicted octanol–water partition coefficient (Wildman–Crippen LogP) is 6.03. The van der Waals surface area contributed by atoms with Crippen molar-refractivity contribution in [3.05, 3.63) is 108 Å². The van der Waals surface area contributed by atoms with Crippen LogP contribution in [0.2, 0.25) is 0 Å². The molecule has 3 aromatic rings. The van der Waals surface area contributed by atoms with Crippen LogP contribution in [0, 0.1) is 5.92 Å². The molecule has 0 aliphatic carbocycles. The minimum absolute atomic E-state index is 0.259. The van der Waals surface area contributed by atoms with Gasteiger partial charge in [0.1, 0.15) is 5.41 Å². The fourth-order valence-corrected chi connectivity index (χ4v) is 3.65. The first-order chi connectivity index (χ1) is 12.7. The predicted molar refractivity (Wildman–Crippen MR) is 108 cm³/mol. The van der Waals surface area contributed by atoms with Gasteiger partial charge in [0.2, 0.25) is 0 Å². The molecule has 0 heterocycles. The Labute approximate surface area is 156 Å². The van der Waals surface area contributed by atoms with Crippen molar-refractivity contribution in [2.45, 2.75) is 32.1 Å². The molecule has 0 saturated carbocycles. The highest BCUT2D eigenvalue weighted by Crippen LogP contribution is 2.41. The van der Waals surface area contributed by atoms with Crippen molar-refractivity contribution in [1.29, 1.82) is 0 Å². The number of carbonyl (C=O) groups is 1. The lowest BCUT2D eigenvalue weighted by Gasteiger charge is -2.35. The minimum Gasteiger partial charge on any atom is -0.298 e. The lowest BCUT2D eigenvalue weighted by atomic mass is 9.65. The fourth-order valence-electron chi connectivity index (χ4n) is 3.65. The molecule has 0 spiro atoms. The van der Waals surface area contributed by atoms with E-state index in [1.807, 2.05) is 54.6 Å². The van der Waals surface area contributed by atoms with E-state index in [4.69, 9.17) is 0 Å². The molecular weight excluding hydrogens is 316 g/mol. The normalized spacial score (nSPS) is 11.5. The maximum absolute atomic E-state index is 13.8. The molecule has 1 heteroatoms. The molecule has 132 valence electrons. The van der Waals surface area contributed by atoms with Crippen molar-refractivity contribution in [3.8, 4) is 0 Å². The molecule has 1 nitrogen and oxygen atoms in total. The summed E-state index contributed by atoms with van der Waals surface area (Å²) >= 11 is 0. The van der Waals surface area contributed by atoms with E-state index in [-0.39, 0.29) is 5.78 Å². The van der Waals surface area contributed by atoms with Crippen LogP contribution >= 0.6 is 0 Å².